The van der Waals surface area contributed by atoms with Gasteiger partial charge in [-0.3, -0.25) is 4.79 Å². The zero-order chi connectivity index (χ0) is 18.1. The number of hydrogen-bond donors (Lipinski definition) is 2. The molecule has 0 spiro atoms. The number of aliphatic carboxylic acids is 1. The van der Waals surface area contributed by atoms with Crippen molar-refractivity contribution in [3.63, 3.8) is 0 Å². The Hall–Kier alpha value is -1.50. The van der Waals surface area contributed by atoms with Crippen LogP contribution in [0, 0.1) is 0 Å². The molecule has 0 aromatic heterocycles. The molecular formula is C11H15NO8S3. The molecule has 0 bridgehead atoms. The summed E-state index contributed by atoms with van der Waals surface area (Å²) >= 11 is 0. The van der Waals surface area contributed by atoms with Crippen LogP contribution in [0.25, 0.3) is 0 Å². The van der Waals surface area contributed by atoms with Gasteiger partial charge in [-0.05, 0) is 18.2 Å². The molecule has 2 N–H and O–H groups in total. The fraction of sp³-hybridized carbons (Fsp3) is 0.364. The first-order valence-electron chi connectivity index (χ1n) is 5.96. The average molecular weight is 385 g/mol. The Morgan fingerprint density at radius 3 is 2.04 bits per heavy atom. The van der Waals surface area contributed by atoms with Gasteiger partial charge in [-0.1, -0.05) is 6.07 Å². The molecule has 0 aliphatic rings. The third-order valence-electron chi connectivity index (χ3n) is 2.79. The lowest BCUT2D eigenvalue weighted by molar-refractivity contribution is -0.136. The molecule has 0 saturated heterocycles. The first kappa shape index (κ1) is 19.5. The summed E-state index contributed by atoms with van der Waals surface area (Å²) in [5.74, 6) is -1.69. The molecule has 0 fully saturated rings. The van der Waals surface area contributed by atoms with E-state index in [9.17, 15) is 30.0 Å². The standard InChI is InChI=1S/C11H15NO8S3/c1-21(15,16)8-4-3-5-9(6-8)23(19,20)12-7-10(11(13)14)22(2,17)18/h3-6,10,12H,7H2,1-2H3,(H,13,14). The molecule has 9 nitrogen and oxygen atoms in total. The normalized spacial score (nSPS) is 14.3. The van der Waals surface area contributed by atoms with Crippen LogP contribution in [0.4, 0.5) is 0 Å². The minimum Gasteiger partial charge on any atom is -0.480 e. The maximum absolute atomic E-state index is 12.1. The van der Waals surface area contributed by atoms with Crippen LogP contribution in [0.2, 0.25) is 0 Å². The van der Waals surface area contributed by atoms with E-state index in [0.29, 0.717) is 6.26 Å². The Morgan fingerprint density at radius 1 is 1.09 bits per heavy atom. The molecular weight excluding hydrogens is 370 g/mol. The highest BCUT2D eigenvalue weighted by molar-refractivity contribution is 7.92. The van der Waals surface area contributed by atoms with Gasteiger partial charge in [0, 0.05) is 19.1 Å². The number of carboxylic acid groups (broad SMARTS) is 1. The molecule has 1 aromatic carbocycles. The Labute approximate surface area is 134 Å². The number of sulfone groups is 2. The van der Waals surface area contributed by atoms with Crippen molar-refractivity contribution in [2.24, 2.45) is 0 Å². The Bertz CT molecular complexity index is 916. The summed E-state index contributed by atoms with van der Waals surface area (Å²) in [6, 6.07) is 4.40. The molecule has 0 saturated carbocycles. The maximum atomic E-state index is 12.1. The molecule has 0 aliphatic heterocycles. The van der Waals surface area contributed by atoms with Crippen molar-refractivity contribution in [3.8, 4) is 0 Å². The van der Waals surface area contributed by atoms with Crippen molar-refractivity contribution in [2.75, 3.05) is 19.1 Å². The van der Waals surface area contributed by atoms with Crippen LogP contribution in [0.3, 0.4) is 0 Å². The topological polar surface area (TPSA) is 152 Å². The SMILES string of the molecule is CS(=O)(=O)c1cccc(S(=O)(=O)NCC(C(=O)O)S(C)(=O)=O)c1. The van der Waals surface area contributed by atoms with Crippen LogP contribution in [0.5, 0.6) is 0 Å². The van der Waals surface area contributed by atoms with Crippen molar-refractivity contribution in [1.82, 2.24) is 4.72 Å². The van der Waals surface area contributed by atoms with E-state index in [0.717, 1.165) is 18.4 Å². The zero-order valence-corrected chi connectivity index (χ0v) is 14.6. The van der Waals surface area contributed by atoms with Crippen LogP contribution in [-0.2, 0) is 34.5 Å². The third-order valence-corrected chi connectivity index (χ3v) is 6.73. The molecule has 0 heterocycles. The number of carbonyl (C=O) groups is 1. The van der Waals surface area contributed by atoms with Crippen molar-refractivity contribution < 1.29 is 35.2 Å². The summed E-state index contributed by atoms with van der Waals surface area (Å²) in [6.07, 6.45) is 1.57. The van der Waals surface area contributed by atoms with Crippen LogP contribution < -0.4 is 4.72 Å². The maximum Gasteiger partial charge on any atom is 0.323 e. The molecule has 1 atom stereocenters. The van der Waals surface area contributed by atoms with E-state index in [1.807, 2.05) is 4.72 Å². The van der Waals surface area contributed by atoms with Gasteiger partial charge in [-0.15, -0.1) is 0 Å². The lowest BCUT2D eigenvalue weighted by Gasteiger charge is -2.12. The van der Waals surface area contributed by atoms with Crippen molar-refractivity contribution in [2.45, 2.75) is 15.0 Å². The largest absolute Gasteiger partial charge is 0.480 e. The summed E-state index contributed by atoms with van der Waals surface area (Å²) in [5.41, 5.74) is 0. The van der Waals surface area contributed by atoms with Gasteiger partial charge in [0.2, 0.25) is 10.0 Å². The number of rotatable bonds is 7. The van der Waals surface area contributed by atoms with Crippen molar-refractivity contribution in [3.05, 3.63) is 24.3 Å². The molecule has 0 amide bonds. The highest BCUT2D eigenvalue weighted by Gasteiger charge is 2.30. The summed E-state index contributed by atoms with van der Waals surface area (Å²) in [6.45, 7) is -0.875. The van der Waals surface area contributed by atoms with E-state index in [2.05, 4.69) is 0 Å². The second kappa shape index (κ2) is 6.55. The first-order valence-corrected chi connectivity index (χ1v) is 11.3. The second-order valence-electron chi connectivity index (χ2n) is 4.76. The monoisotopic (exact) mass is 385 g/mol. The van der Waals surface area contributed by atoms with Crippen molar-refractivity contribution in [1.29, 1.82) is 0 Å². The highest BCUT2D eigenvalue weighted by Crippen LogP contribution is 2.15. The minimum absolute atomic E-state index is 0.238. The van der Waals surface area contributed by atoms with Gasteiger partial charge in [-0.25, -0.2) is 30.0 Å². The Morgan fingerprint density at radius 2 is 1.61 bits per heavy atom. The minimum atomic E-state index is -4.27. The van der Waals surface area contributed by atoms with Crippen LogP contribution >= 0.6 is 0 Å². The summed E-state index contributed by atoms with van der Waals surface area (Å²) in [7, 11) is -11.9. The first-order chi connectivity index (χ1) is 10.2. The number of hydrogen-bond acceptors (Lipinski definition) is 7. The molecule has 130 valence electrons. The molecule has 12 heteroatoms. The number of benzene rings is 1. The van der Waals surface area contributed by atoms with E-state index >= 15 is 0 Å². The smallest absolute Gasteiger partial charge is 0.323 e. The quantitative estimate of drug-likeness (QED) is 0.598. The Kier molecular flexibility index (Phi) is 5.57. The van der Waals surface area contributed by atoms with E-state index in [1.165, 1.54) is 12.1 Å². The molecule has 23 heavy (non-hydrogen) atoms. The third kappa shape index (κ3) is 5.27. The second-order valence-corrected chi connectivity index (χ2v) is 10.8. The van der Waals surface area contributed by atoms with Gasteiger partial charge in [0.05, 0.1) is 9.79 Å². The number of sulfonamides is 1. The fourth-order valence-corrected chi connectivity index (χ4v) is 4.25. The van der Waals surface area contributed by atoms with Crippen LogP contribution in [-0.4, -0.2) is 60.6 Å². The summed E-state index contributed by atoms with van der Waals surface area (Å²) in [4.78, 5) is 10.2. The highest BCUT2D eigenvalue weighted by atomic mass is 32.2. The molecule has 1 unspecified atom stereocenters. The van der Waals surface area contributed by atoms with E-state index in [-0.39, 0.29) is 4.90 Å². The predicted molar refractivity (Wildman–Crippen MR) is 81.0 cm³/mol. The van der Waals surface area contributed by atoms with Gasteiger partial charge in [0.1, 0.15) is 0 Å². The van der Waals surface area contributed by atoms with Gasteiger partial charge >= 0.3 is 5.97 Å². The van der Waals surface area contributed by atoms with Crippen molar-refractivity contribution >= 4 is 35.7 Å². The summed E-state index contributed by atoms with van der Waals surface area (Å²) in [5, 5.41) is 6.89. The van der Waals surface area contributed by atoms with E-state index in [1.54, 1.807) is 0 Å². The zero-order valence-electron chi connectivity index (χ0n) is 12.1. The molecule has 0 aliphatic carbocycles. The van der Waals surface area contributed by atoms with Gasteiger partial charge in [-0.2, -0.15) is 0 Å². The number of nitrogens with one attached hydrogen (secondary N) is 1. The fourth-order valence-electron chi connectivity index (χ4n) is 1.56. The van der Waals surface area contributed by atoms with Crippen LogP contribution in [0.15, 0.2) is 34.1 Å². The van der Waals surface area contributed by atoms with Gasteiger partial charge < -0.3 is 5.11 Å². The molecule has 0 radical (unpaired) electrons. The van der Waals surface area contributed by atoms with Crippen LogP contribution in [0.1, 0.15) is 0 Å². The number of carboxylic acids is 1. The van der Waals surface area contributed by atoms with Gasteiger partial charge in [0.25, 0.3) is 0 Å². The summed E-state index contributed by atoms with van der Waals surface area (Å²) < 4.78 is 71.5. The van der Waals surface area contributed by atoms with Gasteiger partial charge in [0.15, 0.2) is 24.9 Å². The Balaban J connectivity index is 3.12. The predicted octanol–water partition coefficient (Wildman–Crippen LogP) is -1.13. The lowest BCUT2D eigenvalue weighted by Crippen LogP contribution is -2.41. The lowest BCUT2D eigenvalue weighted by atomic mass is 10.4. The molecule has 1 rings (SSSR count). The average Bonchev–Trinajstić information content (AvgIpc) is 2.35. The molecule has 1 aromatic rings. The van der Waals surface area contributed by atoms with E-state index in [4.69, 9.17) is 5.11 Å². The van der Waals surface area contributed by atoms with E-state index < -0.39 is 52.4 Å².